The van der Waals surface area contributed by atoms with Crippen LogP contribution in [0.4, 0.5) is 0 Å². The number of aryl methyl sites for hydroxylation is 2. The van der Waals surface area contributed by atoms with E-state index in [-0.39, 0.29) is 5.78 Å². The highest BCUT2D eigenvalue weighted by Crippen LogP contribution is 2.30. The summed E-state index contributed by atoms with van der Waals surface area (Å²) < 4.78 is 5.14. The maximum absolute atomic E-state index is 11.5. The molecular formula is C13H16O3. The molecule has 3 nitrogen and oxygen atoms in total. The third-order valence-corrected chi connectivity index (χ3v) is 2.58. The fourth-order valence-corrected chi connectivity index (χ4v) is 1.76. The van der Waals surface area contributed by atoms with Crippen LogP contribution in [0.15, 0.2) is 6.07 Å². The van der Waals surface area contributed by atoms with Crippen LogP contribution >= 0.6 is 0 Å². The van der Waals surface area contributed by atoms with E-state index in [1.165, 1.54) is 13.8 Å². The summed E-state index contributed by atoms with van der Waals surface area (Å²) in [6.45, 7) is 8.43. The summed E-state index contributed by atoms with van der Waals surface area (Å²) in [4.78, 5) is 22.6. The monoisotopic (exact) mass is 220 g/mol. The van der Waals surface area contributed by atoms with Gasteiger partial charge in [0, 0.05) is 6.92 Å². The molecule has 0 amide bonds. The maximum Gasteiger partial charge on any atom is 0.308 e. The van der Waals surface area contributed by atoms with E-state index in [1.807, 2.05) is 26.8 Å². The lowest BCUT2D eigenvalue weighted by Gasteiger charge is -2.14. The molecule has 0 unspecified atom stereocenters. The van der Waals surface area contributed by atoms with E-state index >= 15 is 0 Å². The molecule has 0 saturated carbocycles. The Morgan fingerprint density at radius 1 is 1.06 bits per heavy atom. The molecule has 0 spiro atoms. The molecule has 0 aliphatic heterocycles. The van der Waals surface area contributed by atoms with Gasteiger partial charge in [-0.05, 0) is 44.4 Å². The number of hydrogen-bond donors (Lipinski definition) is 0. The summed E-state index contributed by atoms with van der Waals surface area (Å²) in [7, 11) is 0. The van der Waals surface area contributed by atoms with Gasteiger partial charge in [0.15, 0.2) is 5.78 Å². The Bertz CT molecular complexity index is 459. The van der Waals surface area contributed by atoms with Gasteiger partial charge < -0.3 is 4.74 Å². The van der Waals surface area contributed by atoms with Gasteiger partial charge in [-0.3, -0.25) is 9.59 Å². The van der Waals surface area contributed by atoms with E-state index in [2.05, 4.69) is 0 Å². The van der Waals surface area contributed by atoms with Gasteiger partial charge in [-0.2, -0.15) is 0 Å². The number of hydrogen-bond acceptors (Lipinski definition) is 3. The average molecular weight is 220 g/mol. The minimum Gasteiger partial charge on any atom is -0.426 e. The van der Waals surface area contributed by atoms with Crippen LogP contribution in [0, 0.1) is 20.8 Å². The first-order valence-electron chi connectivity index (χ1n) is 5.14. The van der Waals surface area contributed by atoms with Crippen LogP contribution in [0.25, 0.3) is 0 Å². The molecule has 16 heavy (non-hydrogen) atoms. The van der Waals surface area contributed by atoms with Gasteiger partial charge in [0.1, 0.15) is 5.75 Å². The quantitative estimate of drug-likeness (QED) is 0.437. The lowest BCUT2D eigenvalue weighted by molar-refractivity contribution is -0.131. The first kappa shape index (κ1) is 12.4. The summed E-state index contributed by atoms with van der Waals surface area (Å²) in [6.07, 6.45) is 0. The van der Waals surface area contributed by atoms with Gasteiger partial charge >= 0.3 is 5.97 Å². The predicted molar refractivity (Wildman–Crippen MR) is 62.0 cm³/mol. The predicted octanol–water partition coefficient (Wildman–Crippen LogP) is 2.74. The van der Waals surface area contributed by atoms with Gasteiger partial charge in [-0.1, -0.05) is 6.07 Å². The lowest BCUT2D eigenvalue weighted by atomic mass is 9.97. The number of esters is 1. The number of Topliss-reactive ketones (excluding diaryl/α,β-unsaturated/α-hetero) is 1. The number of carbonyl (C=O) groups excluding carboxylic acids is 2. The van der Waals surface area contributed by atoms with Crippen molar-refractivity contribution in [1.82, 2.24) is 0 Å². The van der Waals surface area contributed by atoms with Crippen molar-refractivity contribution in [1.29, 1.82) is 0 Å². The molecule has 0 N–H and O–H groups in total. The van der Waals surface area contributed by atoms with Crippen LogP contribution in [-0.2, 0) is 4.79 Å². The third-order valence-electron chi connectivity index (χ3n) is 2.58. The molecule has 0 aromatic heterocycles. The molecule has 0 bridgehead atoms. The van der Waals surface area contributed by atoms with E-state index < -0.39 is 5.97 Å². The zero-order chi connectivity index (χ0) is 12.5. The zero-order valence-corrected chi connectivity index (χ0v) is 10.3. The number of carbonyl (C=O) groups is 2. The Hall–Kier alpha value is -1.64. The minimum absolute atomic E-state index is 0.0862. The van der Waals surface area contributed by atoms with Crippen LogP contribution in [0.1, 0.15) is 40.9 Å². The molecule has 1 aromatic rings. The van der Waals surface area contributed by atoms with Crippen LogP contribution < -0.4 is 4.74 Å². The van der Waals surface area contributed by atoms with Crippen LogP contribution in [0.2, 0.25) is 0 Å². The molecule has 0 heterocycles. The molecule has 3 heteroatoms. The second-order valence-corrected chi connectivity index (χ2v) is 3.99. The molecule has 0 aliphatic carbocycles. The van der Waals surface area contributed by atoms with E-state index in [0.29, 0.717) is 11.3 Å². The van der Waals surface area contributed by atoms with Crippen molar-refractivity contribution in [2.75, 3.05) is 0 Å². The van der Waals surface area contributed by atoms with Crippen LogP contribution in [0.5, 0.6) is 5.75 Å². The Morgan fingerprint density at radius 2 is 1.62 bits per heavy atom. The lowest BCUT2D eigenvalue weighted by Crippen LogP contribution is -2.10. The normalized spacial score (nSPS) is 10.1. The fraction of sp³-hybridized carbons (Fsp3) is 0.385. The van der Waals surface area contributed by atoms with E-state index in [4.69, 9.17) is 4.74 Å². The molecular weight excluding hydrogens is 204 g/mol. The Morgan fingerprint density at radius 3 is 2.06 bits per heavy atom. The molecule has 0 saturated heterocycles. The Balaban J connectivity index is 3.51. The van der Waals surface area contributed by atoms with Crippen molar-refractivity contribution in [2.24, 2.45) is 0 Å². The van der Waals surface area contributed by atoms with Crippen molar-refractivity contribution in [3.63, 3.8) is 0 Å². The smallest absolute Gasteiger partial charge is 0.308 e. The summed E-state index contributed by atoms with van der Waals surface area (Å²) in [6, 6.07) is 1.93. The largest absolute Gasteiger partial charge is 0.426 e. The summed E-state index contributed by atoms with van der Waals surface area (Å²) >= 11 is 0. The third kappa shape index (κ3) is 2.30. The molecule has 0 radical (unpaired) electrons. The van der Waals surface area contributed by atoms with Crippen molar-refractivity contribution >= 4 is 11.8 Å². The van der Waals surface area contributed by atoms with Gasteiger partial charge in [-0.15, -0.1) is 0 Å². The van der Waals surface area contributed by atoms with Crippen molar-refractivity contribution < 1.29 is 14.3 Å². The minimum atomic E-state index is -0.407. The number of ketones is 1. The molecule has 0 fully saturated rings. The number of rotatable bonds is 2. The SMILES string of the molecule is CC(=O)Oc1c(C)c(C)cc(C)c1C(C)=O. The van der Waals surface area contributed by atoms with Crippen molar-refractivity contribution in [3.8, 4) is 5.75 Å². The maximum atomic E-state index is 11.5. The molecule has 0 aliphatic rings. The first-order chi connectivity index (χ1) is 7.34. The fourth-order valence-electron chi connectivity index (χ4n) is 1.76. The summed E-state index contributed by atoms with van der Waals surface area (Å²) in [5.74, 6) is -0.0926. The van der Waals surface area contributed by atoms with Gasteiger partial charge in [0.05, 0.1) is 5.56 Å². The van der Waals surface area contributed by atoms with Gasteiger partial charge in [0.25, 0.3) is 0 Å². The van der Waals surface area contributed by atoms with E-state index in [9.17, 15) is 9.59 Å². The van der Waals surface area contributed by atoms with Crippen LogP contribution in [0.3, 0.4) is 0 Å². The Kier molecular flexibility index (Phi) is 3.48. The van der Waals surface area contributed by atoms with Crippen LogP contribution in [-0.4, -0.2) is 11.8 Å². The standard InChI is InChI=1S/C13H16O3/c1-7-6-8(2)12(10(4)14)13(9(7)3)16-11(5)15/h6H,1-5H3. The zero-order valence-electron chi connectivity index (χ0n) is 10.3. The topological polar surface area (TPSA) is 43.4 Å². The molecule has 1 aromatic carbocycles. The van der Waals surface area contributed by atoms with E-state index in [1.54, 1.807) is 0 Å². The second kappa shape index (κ2) is 4.47. The van der Waals surface area contributed by atoms with Crippen molar-refractivity contribution in [2.45, 2.75) is 34.6 Å². The van der Waals surface area contributed by atoms with Crippen molar-refractivity contribution in [3.05, 3.63) is 28.3 Å². The average Bonchev–Trinajstić information content (AvgIpc) is 2.12. The molecule has 1 rings (SSSR count). The number of ether oxygens (including phenoxy) is 1. The van der Waals surface area contributed by atoms with E-state index in [0.717, 1.165) is 16.7 Å². The Labute approximate surface area is 95.4 Å². The highest BCUT2D eigenvalue weighted by Gasteiger charge is 2.17. The van der Waals surface area contributed by atoms with Gasteiger partial charge in [-0.25, -0.2) is 0 Å². The highest BCUT2D eigenvalue weighted by atomic mass is 16.5. The summed E-state index contributed by atoms with van der Waals surface area (Å²) in [5, 5.41) is 0. The van der Waals surface area contributed by atoms with Gasteiger partial charge in [0.2, 0.25) is 0 Å². The molecule has 86 valence electrons. The summed E-state index contributed by atoms with van der Waals surface area (Å²) in [5.41, 5.74) is 3.19. The second-order valence-electron chi connectivity index (χ2n) is 3.99. The highest BCUT2D eigenvalue weighted by molar-refractivity contribution is 5.99. The first-order valence-corrected chi connectivity index (χ1v) is 5.14. The number of benzene rings is 1. The molecule has 0 atom stereocenters.